The van der Waals surface area contributed by atoms with Crippen LogP contribution in [0.3, 0.4) is 0 Å². The van der Waals surface area contributed by atoms with Gasteiger partial charge in [-0.2, -0.15) is 5.10 Å². The molecule has 1 atom stereocenters. The van der Waals surface area contributed by atoms with Crippen LogP contribution in [0.4, 0.5) is 5.95 Å². The first-order chi connectivity index (χ1) is 13.1. The van der Waals surface area contributed by atoms with Crippen molar-refractivity contribution < 1.29 is 9.53 Å². The second-order valence-corrected chi connectivity index (χ2v) is 7.45. The highest BCUT2D eigenvalue weighted by Crippen LogP contribution is 2.24. The quantitative estimate of drug-likeness (QED) is 0.887. The molecule has 2 fully saturated rings. The zero-order valence-electron chi connectivity index (χ0n) is 15.9. The predicted molar refractivity (Wildman–Crippen MR) is 101 cm³/mol. The third-order valence-corrected chi connectivity index (χ3v) is 5.18. The summed E-state index contributed by atoms with van der Waals surface area (Å²) in [6.45, 7) is 7.65. The minimum absolute atomic E-state index is 0.0692. The molecule has 4 rings (SSSR count). The number of carbonyl (C=O) groups excluding carboxylic acids is 1. The maximum absolute atomic E-state index is 12.8. The van der Waals surface area contributed by atoms with E-state index in [0.717, 1.165) is 30.4 Å². The van der Waals surface area contributed by atoms with Gasteiger partial charge in [-0.3, -0.25) is 9.89 Å². The first-order valence-corrected chi connectivity index (χ1v) is 9.66. The Balaban J connectivity index is 1.47. The van der Waals surface area contributed by atoms with E-state index in [-0.39, 0.29) is 12.0 Å². The number of carbonyl (C=O) groups is 1. The van der Waals surface area contributed by atoms with Crippen LogP contribution in [-0.2, 0) is 4.74 Å². The zero-order valence-corrected chi connectivity index (χ0v) is 15.9. The minimum Gasteiger partial charge on any atom is -0.368 e. The lowest BCUT2D eigenvalue weighted by molar-refractivity contribution is -0.0249. The summed E-state index contributed by atoms with van der Waals surface area (Å²) in [4.78, 5) is 25.9. The van der Waals surface area contributed by atoms with Crippen LogP contribution in [0.5, 0.6) is 0 Å². The molecule has 0 radical (unpaired) electrons. The summed E-state index contributed by atoms with van der Waals surface area (Å²) in [5.41, 5.74) is 2.25. The summed E-state index contributed by atoms with van der Waals surface area (Å²) in [6, 6.07) is 3.72. The highest BCUT2D eigenvalue weighted by Gasteiger charge is 2.29. The molecule has 8 heteroatoms. The Morgan fingerprint density at radius 3 is 2.85 bits per heavy atom. The molecule has 0 bridgehead atoms. The van der Waals surface area contributed by atoms with Crippen molar-refractivity contribution in [3.63, 3.8) is 0 Å². The van der Waals surface area contributed by atoms with Crippen LogP contribution >= 0.6 is 0 Å². The first kappa shape index (κ1) is 17.9. The van der Waals surface area contributed by atoms with Crippen molar-refractivity contribution in [2.24, 2.45) is 0 Å². The van der Waals surface area contributed by atoms with E-state index in [2.05, 4.69) is 33.9 Å². The van der Waals surface area contributed by atoms with Gasteiger partial charge in [0.25, 0.3) is 5.91 Å². The molecule has 2 aromatic rings. The van der Waals surface area contributed by atoms with E-state index in [1.807, 2.05) is 12.1 Å². The Morgan fingerprint density at radius 1 is 1.30 bits per heavy atom. The van der Waals surface area contributed by atoms with Crippen molar-refractivity contribution in [2.75, 3.05) is 37.7 Å². The van der Waals surface area contributed by atoms with Gasteiger partial charge in [-0.15, -0.1) is 0 Å². The van der Waals surface area contributed by atoms with E-state index in [9.17, 15) is 4.79 Å². The van der Waals surface area contributed by atoms with Crippen LogP contribution in [0.2, 0.25) is 0 Å². The second kappa shape index (κ2) is 7.64. The van der Waals surface area contributed by atoms with Gasteiger partial charge in [-0.1, -0.05) is 13.8 Å². The van der Waals surface area contributed by atoms with Crippen molar-refractivity contribution in [1.29, 1.82) is 0 Å². The van der Waals surface area contributed by atoms with E-state index < -0.39 is 0 Å². The lowest BCUT2D eigenvalue weighted by atomic mass is 10.1. The minimum atomic E-state index is -0.240. The molecule has 1 amide bonds. The van der Waals surface area contributed by atoms with Gasteiger partial charge in [0.2, 0.25) is 5.95 Å². The number of hydrogen-bond donors (Lipinski definition) is 1. The summed E-state index contributed by atoms with van der Waals surface area (Å²) >= 11 is 0. The predicted octanol–water partition coefficient (Wildman–Crippen LogP) is 2.14. The fourth-order valence-electron chi connectivity index (χ4n) is 3.53. The molecule has 27 heavy (non-hydrogen) atoms. The number of nitrogens with one attached hydrogen (secondary N) is 1. The van der Waals surface area contributed by atoms with Crippen molar-refractivity contribution in [3.8, 4) is 0 Å². The van der Waals surface area contributed by atoms with E-state index >= 15 is 0 Å². The number of anilines is 1. The molecule has 2 saturated heterocycles. The summed E-state index contributed by atoms with van der Waals surface area (Å²) in [5.74, 6) is 0.993. The number of aromatic nitrogens is 4. The van der Waals surface area contributed by atoms with Crippen LogP contribution < -0.4 is 4.90 Å². The fraction of sp³-hybridized carbons (Fsp3) is 0.579. The third-order valence-electron chi connectivity index (χ3n) is 5.18. The first-order valence-electron chi connectivity index (χ1n) is 9.66. The van der Waals surface area contributed by atoms with E-state index in [0.29, 0.717) is 31.3 Å². The van der Waals surface area contributed by atoms with Gasteiger partial charge in [-0.05, 0) is 30.9 Å². The molecule has 4 heterocycles. The highest BCUT2D eigenvalue weighted by atomic mass is 16.5. The molecule has 0 saturated carbocycles. The number of H-pyrrole nitrogens is 1. The van der Waals surface area contributed by atoms with Gasteiger partial charge in [-0.25, -0.2) is 9.97 Å². The lowest BCUT2D eigenvalue weighted by Gasteiger charge is -2.32. The Morgan fingerprint density at radius 2 is 2.11 bits per heavy atom. The molecule has 0 aliphatic carbocycles. The van der Waals surface area contributed by atoms with Crippen LogP contribution in [0, 0.1) is 0 Å². The van der Waals surface area contributed by atoms with Gasteiger partial charge in [0.15, 0.2) is 0 Å². The van der Waals surface area contributed by atoms with Crippen LogP contribution in [0.15, 0.2) is 18.3 Å². The van der Waals surface area contributed by atoms with Crippen LogP contribution in [0.1, 0.15) is 60.6 Å². The van der Waals surface area contributed by atoms with Gasteiger partial charge in [0, 0.05) is 31.5 Å². The Hall–Kier alpha value is -2.48. The summed E-state index contributed by atoms with van der Waals surface area (Å²) in [7, 11) is 0. The number of nitrogens with zero attached hydrogens (tertiary/aromatic N) is 5. The van der Waals surface area contributed by atoms with Gasteiger partial charge >= 0.3 is 0 Å². The average Bonchev–Trinajstić information content (AvgIpc) is 3.40. The molecule has 144 valence electrons. The molecule has 0 spiro atoms. The van der Waals surface area contributed by atoms with Crippen molar-refractivity contribution in [2.45, 2.75) is 38.7 Å². The van der Waals surface area contributed by atoms with Crippen molar-refractivity contribution in [1.82, 2.24) is 25.1 Å². The number of amides is 1. The maximum atomic E-state index is 12.8. The number of rotatable bonds is 4. The molecular formula is C19H26N6O2. The molecule has 1 N–H and O–H groups in total. The zero-order chi connectivity index (χ0) is 18.8. The Bertz CT molecular complexity index is 799. The van der Waals surface area contributed by atoms with Gasteiger partial charge in [0.05, 0.1) is 18.8 Å². The smallest absolute Gasteiger partial charge is 0.274 e. The number of ether oxygens (including phenoxy) is 1. The Labute approximate surface area is 158 Å². The molecular weight excluding hydrogens is 344 g/mol. The average molecular weight is 370 g/mol. The third kappa shape index (κ3) is 3.80. The van der Waals surface area contributed by atoms with E-state index in [1.165, 1.54) is 12.8 Å². The topological polar surface area (TPSA) is 87.2 Å². The second-order valence-electron chi connectivity index (χ2n) is 7.45. The largest absolute Gasteiger partial charge is 0.368 e. The van der Waals surface area contributed by atoms with Crippen LogP contribution in [0.25, 0.3) is 0 Å². The normalized spacial score (nSPS) is 20.5. The molecule has 2 aliphatic heterocycles. The van der Waals surface area contributed by atoms with Crippen molar-refractivity contribution in [3.05, 3.63) is 35.4 Å². The summed E-state index contributed by atoms with van der Waals surface area (Å²) in [5, 5.41) is 7.14. The van der Waals surface area contributed by atoms with Crippen molar-refractivity contribution >= 4 is 11.9 Å². The fourth-order valence-corrected chi connectivity index (χ4v) is 3.53. The molecule has 0 aromatic carbocycles. The van der Waals surface area contributed by atoms with Crippen LogP contribution in [-0.4, -0.2) is 63.8 Å². The SMILES string of the molecule is CC(C)c1cc(C(=O)N2CCO[C@@H](c3ccnc(N4CCCC4)n3)C2)n[nH]1. The monoisotopic (exact) mass is 370 g/mol. The van der Waals surface area contributed by atoms with E-state index in [1.54, 1.807) is 11.1 Å². The number of hydrogen-bond acceptors (Lipinski definition) is 6. The summed E-state index contributed by atoms with van der Waals surface area (Å²) in [6.07, 6.45) is 3.90. The number of aromatic amines is 1. The standard InChI is InChI=1S/C19H26N6O2/c1-13(2)15-11-16(23-22-15)18(26)25-9-10-27-17(12-25)14-5-6-20-19(21-14)24-7-3-4-8-24/h5-6,11,13,17H,3-4,7-10,12H2,1-2H3,(H,22,23)/t17-/m1/s1. The lowest BCUT2D eigenvalue weighted by Crippen LogP contribution is -2.42. The molecule has 2 aliphatic rings. The molecule has 0 unspecified atom stereocenters. The maximum Gasteiger partial charge on any atom is 0.274 e. The van der Waals surface area contributed by atoms with Gasteiger partial charge in [0.1, 0.15) is 11.8 Å². The molecule has 8 nitrogen and oxygen atoms in total. The van der Waals surface area contributed by atoms with Gasteiger partial charge < -0.3 is 14.5 Å². The summed E-state index contributed by atoms with van der Waals surface area (Å²) < 4.78 is 5.91. The highest BCUT2D eigenvalue weighted by molar-refractivity contribution is 5.92. The number of morpholine rings is 1. The van der Waals surface area contributed by atoms with E-state index in [4.69, 9.17) is 9.72 Å². The molecule has 2 aromatic heterocycles. The Kier molecular flexibility index (Phi) is 5.07.